The Morgan fingerprint density at radius 1 is 1.40 bits per heavy atom. The maximum absolute atomic E-state index is 10.6. The first kappa shape index (κ1) is 7.52. The van der Waals surface area contributed by atoms with Crippen molar-refractivity contribution in [1.29, 1.82) is 0 Å². The fourth-order valence-electron chi connectivity index (χ4n) is 1.30. The van der Waals surface area contributed by atoms with Crippen molar-refractivity contribution >= 4 is 5.78 Å². The Balaban J connectivity index is 2.45. The number of ketones is 1. The van der Waals surface area contributed by atoms with Gasteiger partial charge in [-0.15, -0.1) is 0 Å². The highest BCUT2D eigenvalue weighted by Crippen LogP contribution is 2.32. The second-order valence-corrected chi connectivity index (χ2v) is 3.13. The molecular weight excluding hydrogens is 124 g/mol. The molecule has 0 spiro atoms. The zero-order chi connectivity index (χ0) is 7.56. The van der Waals surface area contributed by atoms with E-state index in [1.165, 1.54) is 24.8 Å². The number of hydrogen-bond donors (Lipinski definition) is 0. The van der Waals surface area contributed by atoms with Crippen molar-refractivity contribution in [3.8, 4) is 0 Å². The number of allylic oxidation sites excluding steroid dienone is 2. The molecule has 0 radical (unpaired) electrons. The van der Waals surface area contributed by atoms with Crippen LogP contribution in [-0.2, 0) is 4.79 Å². The Kier molecular flexibility index (Phi) is 2.25. The van der Waals surface area contributed by atoms with Crippen LogP contribution in [-0.4, -0.2) is 5.78 Å². The predicted molar refractivity (Wildman–Crippen MR) is 41.8 cm³/mol. The highest BCUT2D eigenvalue weighted by atomic mass is 16.1. The molecule has 10 heavy (non-hydrogen) atoms. The van der Waals surface area contributed by atoms with E-state index in [4.69, 9.17) is 0 Å². The molecule has 1 aliphatic carbocycles. The summed E-state index contributed by atoms with van der Waals surface area (Å²) in [6.07, 6.45) is 5.68. The molecule has 1 rings (SSSR count). The Bertz CT molecular complexity index is 164. The van der Waals surface area contributed by atoms with Crippen LogP contribution in [0.15, 0.2) is 11.6 Å². The van der Waals surface area contributed by atoms with E-state index in [2.05, 4.69) is 6.92 Å². The van der Waals surface area contributed by atoms with E-state index in [0.717, 1.165) is 5.92 Å². The lowest BCUT2D eigenvalue weighted by Crippen LogP contribution is -2.12. The van der Waals surface area contributed by atoms with Crippen LogP contribution in [0.1, 0.15) is 33.1 Å². The summed E-state index contributed by atoms with van der Waals surface area (Å²) in [4.78, 5) is 10.6. The van der Waals surface area contributed by atoms with Gasteiger partial charge < -0.3 is 0 Å². The van der Waals surface area contributed by atoms with Crippen LogP contribution in [0.25, 0.3) is 0 Å². The van der Waals surface area contributed by atoms with Crippen molar-refractivity contribution in [2.24, 2.45) is 5.92 Å². The van der Waals surface area contributed by atoms with Crippen LogP contribution in [0.2, 0.25) is 0 Å². The minimum atomic E-state index is 0.185. The van der Waals surface area contributed by atoms with E-state index in [-0.39, 0.29) is 5.78 Å². The van der Waals surface area contributed by atoms with Gasteiger partial charge in [0.05, 0.1) is 0 Å². The highest BCUT2D eigenvalue weighted by Gasteiger charge is 2.18. The molecule has 0 N–H and O–H groups in total. The van der Waals surface area contributed by atoms with Crippen molar-refractivity contribution in [2.75, 3.05) is 0 Å². The normalized spacial score (nSPS) is 20.4. The van der Waals surface area contributed by atoms with Crippen molar-refractivity contribution in [1.82, 2.24) is 0 Å². The number of carbonyl (C=O) groups is 1. The number of rotatable bonds is 2. The molecule has 1 heteroatoms. The SMILES string of the molecule is CC(=O)/C=C(/C)C1CCC1. The topological polar surface area (TPSA) is 17.1 Å². The van der Waals surface area contributed by atoms with Gasteiger partial charge in [0.25, 0.3) is 0 Å². The van der Waals surface area contributed by atoms with Crippen LogP contribution < -0.4 is 0 Å². The Morgan fingerprint density at radius 2 is 2.00 bits per heavy atom. The molecule has 0 amide bonds. The van der Waals surface area contributed by atoms with E-state index in [9.17, 15) is 4.79 Å². The first-order chi connectivity index (χ1) is 4.70. The van der Waals surface area contributed by atoms with Crippen LogP contribution >= 0.6 is 0 Å². The zero-order valence-electron chi connectivity index (χ0n) is 6.68. The largest absolute Gasteiger partial charge is 0.295 e. The van der Waals surface area contributed by atoms with Gasteiger partial charge >= 0.3 is 0 Å². The molecule has 0 unspecified atom stereocenters. The summed E-state index contributed by atoms with van der Waals surface area (Å²) in [5, 5.41) is 0. The first-order valence-corrected chi connectivity index (χ1v) is 3.89. The lowest BCUT2D eigenvalue weighted by atomic mass is 9.80. The molecule has 1 fully saturated rings. The van der Waals surface area contributed by atoms with Gasteiger partial charge in [-0.3, -0.25) is 4.79 Å². The maximum Gasteiger partial charge on any atom is 0.152 e. The summed E-state index contributed by atoms with van der Waals surface area (Å²) >= 11 is 0. The van der Waals surface area contributed by atoms with E-state index in [1.807, 2.05) is 0 Å². The fourth-order valence-corrected chi connectivity index (χ4v) is 1.30. The summed E-state index contributed by atoms with van der Waals surface area (Å²) in [7, 11) is 0. The molecule has 0 saturated heterocycles. The third-order valence-electron chi connectivity index (χ3n) is 2.18. The van der Waals surface area contributed by atoms with Crippen molar-refractivity contribution in [2.45, 2.75) is 33.1 Å². The molecule has 0 aromatic heterocycles. The lowest BCUT2D eigenvalue weighted by Gasteiger charge is -2.25. The van der Waals surface area contributed by atoms with Gasteiger partial charge in [0.2, 0.25) is 0 Å². The Hall–Kier alpha value is -0.590. The summed E-state index contributed by atoms with van der Waals surface area (Å²) in [5.74, 6) is 0.910. The van der Waals surface area contributed by atoms with Crippen molar-refractivity contribution in [3.05, 3.63) is 11.6 Å². The third kappa shape index (κ3) is 1.69. The molecule has 0 aromatic carbocycles. The standard InChI is InChI=1S/C9H14O/c1-7(6-8(2)10)9-4-3-5-9/h6,9H,3-5H2,1-2H3/b7-6-. The smallest absolute Gasteiger partial charge is 0.152 e. The molecular formula is C9H14O. The summed E-state index contributed by atoms with van der Waals surface area (Å²) < 4.78 is 0. The molecule has 0 bridgehead atoms. The Morgan fingerprint density at radius 3 is 2.30 bits per heavy atom. The van der Waals surface area contributed by atoms with Gasteiger partial charge in [-0.2, -0.15) is 0 Å². The monoisotopic (exact) mass is 138 g/mol. The molecule has 1 nitrogen and oxygen atoms in total. The van der Waals surface area contributed by atoms with E-state index >= 15 is 0 Å². The highest BCUT2D eigenvalue weighted by molar-refractivity contribution is 5.87. The van der Waals surface area contributed by atoms with E-state index in [0.29, 0.717) is 0 Å². The van der Waals surface area contributed by atoms with Crippen LogP contribution in [0, 0.1) is 5.92 Å². The van der Waals surface area contributed by atoms with Crippen LogP contribution in [0.4, 0.5) is 0 Å². The van der Waals surface area contributed by atoms with E-state index in [1.54, 1.807) is 13.0 Å². The molecule has 0 heterocycles. The first-order valence-electron chi connectivity index (χ1n) is 3.89. The molecule has 1 aliphatic rings. The zero-order valence-corrected chi connectivity index (χ0v) is 6.68. The van der Waals surface area contributed by atoms with Crippen molar-refractivity contribution < 1.29 is 4.79 Å². The van der Waals surface area contributed by atoms with E-state index < -0.39 is 0 Å². The minimum absolute atomic E-state index is 0.185. The van der Waals surface area contributed by atoms with Gasteiger partial charge in [0.15, 0.2) is 5.78 Å². The second-order valence-electron chi connectivity index (χ2n) is 3.13. The third-order valence-corrected chi connectivity index (χ3v) is 2.18. The molecule has 0 aromatic rings. The van der Waals surface area contributed by atoms with Crippen LogP contribution in [0.5, 0.6) is 0 Å². The molecule has 1 saturated carbocycles. The molecule has 0 aliphatic heterocycles. The molecule has 0 atom stereocenters. The number of carbonyl (C=O) groups excluding carboxylic acids is 1. The van der Waals surface area contributed by atoms with Crippen molar-refractivity contribution in [3.63, 3.8) is 0 Å². The van der Waals surface area contributed by atoms with Crippen LogP contribution in [0.3, 0.4) is 0 Å². The van der Waals surface area contributed by atoms with Gasteiger partial charge in [-0.1, -0.05) is 12.0 Å². The van der Waals surface area contributed by atoms with Gasteiger partial charge in [-0.05, 0) is 38.7 Å². The summed E-state index contributed by atoms with van der Waals surface area (Å²) in [5.41, 5.74) is 1.28. The average molecular weight is 138 g/mol. The Labute approximate surface area is 62.1 Å². The lowest BCUT2D eigenvalue weighted by molar-refractivity contribution is -0.112. The quantitative estimate of drug-likeness (QED) is 0.535. The summed E-state index contributed by atoms with van der Waals surface area (Å²) in [6.45, 7) is 3.67. The summed E-state index contributed by atoms with van der Waals surface area (Å²) in [6, 6.07) is 0. The second kappa shape index (κ2) is 3.00. The average Bonchev–Trinajstić information content (AvgIpc) is 1.55. The maximum atomic E-state index is 10.6. The van der Waals surface area contributed by atoms with Gasteiger partial charge in [-0.25, -0.2) is 0 Å². The molecule has 56 valence electrons. The number of hydrogen-bond acceptors (Lipinski definition) is 1. The fraction of sp³-hybridized carbons (Fsp3) is 0.667. The van der Waals surface area contributed by atoms with Gasteiger partial charge in [0.1, 0.15) is 0 Å². The minimum Gasteiger partial charge on any atom is -0.295 e. The van der Waals surface area contributed by atoms with Gasteiger partial charge in [0, 0.05) is 0 Å². The predicted octanol–water partition coefficient (Wildman–Crippen LogP) is 2.32.